The predicted octanol–water partition coefficient (Wildman–Crippen LogP) is 2.74. The number of benzene rings is 2. The zero-order valence-corrected chi connectivity index (χ0v) is 19.2. The Morgan fingerprint density at radius 1 is 1.09 bits per heavy atom. The van der Waals surface area contributed by atoms with Gasteiger partial charge in [0.2, 0.25) is 6.79 Å². The van der Waals surface area contributed by atoms with Crippen molar-refractivity contribution in [3.63, 3.8) is 0 Å². The Kier molecular flexibility index (Phi) is 6.92. The molecule has 0 unspecified atom stereocenters. The van der Waals surface area contributed by atoms with E-state index in [9.17, 15) is 4.79 Å². The van der Waals surface area contributed by atoms with Gasteiger partial charge in [-0.05, 0) is 50.4 Å². The molecular weight excluding hydrogens is 424 g/mol. The highest BCUT2D eigenvalue weighted by molar-refractivity contribution is 7.80. The van der Waals surface area contributed by atoms with Crippen LogP contribution in [0.5, 0.6) is 11.5 Å². The Bertz CT molecular complexity index is 1150. The maximum atomic E-state index is 12.8. The molecule has 0 saturated carbocycles. The SMILES string of the molecule is CN(C)CCN(Cc1cc2cc3c(cc2[nH]c1=O)OCO3)C(=S)NCCc1ccccc1. The monoisotopic (exact) mass is 452 g/mol. The van der Waals surface area contributed by atoms with Gasteiger partial charge in [0.05, 0.1) is 12.1 Å². The molecule has 2 aromatic carbocycles. The molecule has 0 amide bonds. The summed E-state index contributed by atoms with van der Waals surface area (Å²) in [5.41, 5.74) is 2.51. The normalized spacial score (nSPS) is 12.3. The number of H-pyrrole nitrogens is 1. The summed E-state index contributed by atoms with van der Waals surface area (Å²) in [4.78, 5) is 19.9. The molecule has 1 aromatic heterocycles. The van der Waals surface area contributed by atoms with E-state index in [1.54, 1.807) is 0 Å². The van der Waals surface area contributed by atoms with Gasteiger partial charge in [0.15, 0.2) is 16.6 Å². The lowest BCUT2D eigenvalue weighted by molar-refractivity contribution is 0.174. The highest BCUT2D eigenvalue weighted by atomic mass is 32.1. The quantitative estimate of drug-likeness (QED) is 0.510. The lowest BCUT2D eigenvalue weighted by Crippen LogP contribution is -2.43. The van der Waals surface area contributed by atoms with Gasteiger partial charge in [-0.15, -0.1) is 0 Å². The standard InChI is InChI=1S/C24H28N4O3S/c1-27(2)10-11-28(24(32)25-9-8-17-6-4-3-5-7-17)15-19-12-18-13-21-22(31-16-30-21)14-20(18)26-23(19)29/h3-7,12-14H,8-11,15-16H2,1-2H3,(H,25,32)(H,26,29). The molecule has 2 heterocycles. The summed E-state index contributed by atoms with van der Waals surface area (Å²) >= 11 is 5.69. The average molecular weight is 453 g/mol. The first-order chi connectivity index (χ1) is 15.5. The third-order valence-corrected chi connectivity index (χ3v) is 5.82. The fraction of sp³-hybridized carbons (Fsp3) is 0.333. The molecule has 7 nitrogen and oxygen atoms in total. The molecule has 0 spiro atoms. The number of nitrogens with zero attached hydrogens (tertiary/aromatic N) is 2. The number of aromatic nitrogens is 1. The Hall–Kier alpha value is -3.10. The average Bonchev–Trinajstić information content (AvgIpc) is 3.23. The molecule has 168 valence electrons. The minimum atomic E-state index is -0.127. The van der Waals surface area contributed by atoms with E-state index in [1.807, 2.05) is 55.4 Å². The van der Waals surface area contributed by atoms with E-state index in [0.717, 1.165) is 30.4 Å². The number of hydrogen-bond donors (Lipinski definition) is 2. The third kappa shape index (κ3) is 5.38. The van der Waals surface area contributed by atoms with Gasteiger partial charge in [-0.1, -0.05) is 30.3 Å². The number of hydrogen-bond acceptors (Lipinski definition) is 5. The fourth-order valence-electron chi connectivity index (χ4n) is 3.61. The number of thiocarbonyl (C=S) groups is 1. The number of pyridine rings is 1. The van der Waals surface area contributed by atoms with E-state index < -0.39 is 0 Å². The number of rotatable bonds is 8. The second-order valence-electron chi connectivity index (χ2n) is 8.11. The van der Waals surface area contributed by atoms with Gasteiger partial charge in [0, 0.05) is 36.7 Å². The van der Waals surface area contributed by atoms with Gasteiger partial charge in [-0.2, -0.15) is 0 Å². The van der Waals surface area contributed by atoms with Crippen LogP contribution in [0.3, 0.4) is 0 Å². The maximum absolute atomic E-state index is 12.8. The molecule has 0 radical (unpaired) electrons. The number of likely N-dealkylation sites (N-methyl/N-ethyl adjacent to an activating group) is 1. The summed E-state index contributed by atoms with van der Waals surface area (Å²) in [5.74, 6) is 1.34. The van der Waals surface area contributed by atoms with E-state index >= 15 is 0 Å². The molecule has 0 aliphatic carbocycles. The summed E-state index contributed by atoms with van der Waals surface area (Å²) in [6.07, 6.45) is 0.881. The van der Waals surface area contributed by atoms with E-state index in [2.05, 4.69) is 27.3 Å². The molecule has 0 bridgehead atoms. The Morgan fingerprint density at radius 3 is 2.59 bits per heavy atom. The van der Waals surface area contributed by atoms with Crippen LogP contribution in [0.25, 0.3) is 10.9 Å². The summed E-state index contributed by atoms with van der Waals surface area (Å²) in [6.45, 7) is 2.89. The Labute approximate surface area is 192 Å². The van der Waals surface area contributed by atoms with Crippen LogP contribution in [0.4, 0.5) is 0 Å². The molecule has 1 aliphatic rings. The first-order valence-electron chi connectivity index (χ1n) is 10.7. The lowest BCUT2D eigenvalue weighted by atomic mass is 10.1. The van der Waals surface area contributed by atoms with Gasteiger partial charge < -0.3 is 29.6 Å². The van der Waals surface area contributed by atoms with Gasteiger partial charge in [0.1, 0.15) is 0 Å². The topological polar surface area (TPSA) is 69.8 Å². The van der Waals surface area contributed by atoms with Crippen LogP contribution in [-0.4, -0.2) is 60.4 Å². The van der Waals surface area contributed by atoms with Gasteiger partial charge in [0.25, 0.3) is 5.56 Å². The maximum Gasteiger partial charge on any atom is 0.253 e. The van der Waals surface area contributed by atoms with Crippen molar-refractivity contribution in [2.45, 2.75) is 13.0 Å². The van der Waals surface area contributed by atoms with E-state index in [1.165, 1.54) is 5.56 Å². The van der Waals surface area contributed by atoms with Crippen LogP contribution in [0.1, 0.15) is 11.1 Å². The van der Waals surface area contributed by atoms with Gasteiger partial charge in [-0.25, -0.2) is 0 Å². The molecule has 32 heavy (non-hydrogen) atoms. The van der Waals surface area contributed by atoms with Crippen LogP contribution in [0.15, 0.2) is 53.3 Å². The Morgan fingerprint density at radius 2 is 1.84 bits per heavy atom. The number of fused-ring (bicyclic) bond motifs is 2. The fourth-order valence-corrected chi connectivity index (χ4v) is 3.87. The van der Waals surface area contributed by atoms with Crippen LogP contribution in [0.2, 0.25) is 0 Å². The first kappa shape index (κ1) is 22.1. The molecule has 0 saturated heterocycles. The summed E-state index contributed by atoms with van der Waals surface area (Å²) < 4.78 is 10.9. The summed E-state index contributed by atoms with van der Waals surface area (Å²) in [5, 5.41) is 4.90. The molecule has 0 atom stereocenters. The molecule has 3 aromatic rings. The van der Waals surface area contributed by atoms with Crippen molar-refractivity contribution in [2.24, 2.45) is 0 Å². The molecule has 0 fully saturated rings. The van der Waals surface area contributed by atoms with Crippen LogP contribution in [0, 0.1) is 0 Å². The van der Waals surface area contributed by atoms with Crippen molar-refractivity contribution in [2.75, 3.05) is 40.5 Å². The highest BCUT2D eigenvalue weighted by Crippen LogP contribution is 2.35. The van der Waals surface area contributed by atoms with E-state index in [0.29, 0.717) is 35.3 Å². The van der Waals surface area contributed by atoms with Crippen molar-refractivity contribution in [1.82, 2.24) is 20.1 Å². The van der Waals surface area contributed by atoms with Crippen molar-refractivity contribution in [1.29, 1.82) is 0 Å². The largest absolute Gasteiger partial charge is 0.454 e. The van der Waals surface area contributed by atoms with E-state index in [-0.39, 0.29) is 12.4 Å². The Balaban J connectivity index is 1.49. The van der Waals surface area contributed by atoms with Crippen molar-refractivity contribution in [3.8, 4) is 11.5 Å². The molecule has 1 aliphatic heterocycles. The minimum absolute atomic E-state index is 0.127. The molecule has 4 rings (SSSR count). The summed E-state index contributed by atoms with van der Waals surface area (Å²) in [7, 11) is 4.05. The highest BCUT2D eigenvalue weighted by Gasteiger charge is 2.17. The van der Waals surface area contributed by atoms with Crippen molar-refractivity contribution < 1.29 is 9.47 Å². The zero-order valence-electron chi connectivity index (χ0n) is 18.4. The second-order valence-corrected chi connectivity index (χ2v) is 8.50. The van der Waals surface area contributed by atoms with Gasteiger partial charge >= 0.3 is 0 Å². The number of ether oxygens (including phenoxy) is 2. The van der Waals surface area contributed by atoms with Crippen LogP contribution in [-0.2, 0) is 13.0 Å². The smallest absolute Gasteiger partial charge is 0.253 e. The minimum Gasteiger partial charge on any atom is -0.454 e. The van der Waals surface area contributed by atoms with E-state index in [4.69, 9.17) is 21.7 Å². The predicted molar refractivity (Wildman–Crippen MR) is 130 cm³/mol. The second kappa shape index (κ2) is 10.0. The zero-order chi connectivity index (χ0) is 22.5. The molecular formula is C24H28N4O3S. The summed E-state index contributed by atoms with van der Waals surface area (Å²) in [6, 6.07) is 15.9. The lowest BCUT2D eigenvalue weighted by Gasteiger charge is -2.27. The van der Waals surface area contributed by atoms with Crippen LogP contribution >= 0.6 is 12.2 Å². The van der Waals surface area contributed by atoms with Gasteiger partial charge in [-0.3, -0.25) is 4.79 Å². The number of nitrogens with one attached hydrogen (secondary N) is 2. The number of aromatic amines is 1. The van der Waals surface area contributed by atoms with Crippen molar-refractivity contribution in [3.05, 3.63) is 70.0 Å². The van der Waals surface area contributed by atoms with Crippen LogP contribution < -0.4 is 20.3 Å². The third-order valence-electron chi connectivity index (χ3n) is 5.41. The van der Waals surface area contributed by atoms with Crippen molar-refractivity contribution >= 4 is 28.2 Å². The molecule has 2 N–H and O–H groups in total. The molecule has 8 heteroatoms. The first-order valence-corrected chi connectivity index (χ1v) is 11.1.